The Morgan fingerprint density at radius 1 is 1.68 bits per heavy atom. The number of nitrogens with one attached hydrogen (secondary N) is 2. The highest BCUT2D eigenvalue weighted by Crippen LogP contribution is 2.35. The molecule has 1 rings (SSSR count). The average molecular weight is 346 g/mol. The second-order valence-corrected chi connectivity index (χ2v) is 4.43. The van der Waals surface area contributed by atoms with Gasteiger partial charge in [-0.1, -0.05) is 11.6 Å². The molecule has 10 heteroatoms. The molecule has 0 fully saturated rings. The fourth-order valence-electron chi connectivity index (χ4n) is 1.07. The van der Waals surface area contributed by atoms with Crippen LogP contribution in [0.1, 0.15) is 0 Å². The van der Waals surface area contributed by atoms with Crippen LogP contribution < -0.4 is 11.2 Å². The van der Waals surface area contributed by atoms with E-state index >= 15 is 0 Å². The van der Waals surface area contributed by atoms with E-state index in [1.54, 1.807) is 6.07 Å². The predicted molar refractivity (Wildman–Crippen MR) is 74.4 cm³/mol. The van der Waals surface area contributed by atoms with E-state index in [1.807, 2.05) is 0 Å². The number of hydrazone groups is 1. The van der Waals surface area contributed by atoms with Gasteiger partial charge in [0.1, 0.15) is 11.8 Å². The maximum absolute atomic E-state index is 10.9. The summed E-state index contributed by atoms with van der Waals surface area (Å²) < 4.78 is 0.288. The van der Waals surface area contributed by atoms with Crippen molar-refractivity contribution in [1.82, 2.24) is 0 Å². The Kier molecular flexibility index (Phi) is 4.80. The summed E-state index contributed by atoms with van der Waals surface area (Å²) in [5.74, 6) is -0.553. The van der Waals surface area contributed by atoms with Crippen molar-refractivity contribution in [2.24, 2.45) is 10.8 Å². The van der Waals surface area contributed by atoms with Crippen LogP contribution in [0.25, 0.3) is 0 Å². The molecular weight excluding hydrogens is 339 g/mol. The summed E-state index contributed by atoms with van der Waals surface area (Å²) in [6, 6.07) is 4.13. The van der Waals surface area contributed by atoms with Crippen molar-refractivity contribution in [3.63, 3.8) is 0 Å². The number of nitriles is 1. The molecule has 4 N–H and O–H groups in total. The minimum atomic E-state index is -0.658. The predicted octanol–water partition coefficient (Wildman–Crippen LogP) is 2.24. The molecule has 8 nitrogen and oxygen atoms in total. The highest BCUT2D eigenvalue weighted by molar-refractivity contribution is 9.10. The average Bonchev–Trinajstić information content (AvgIpc) is 2.30. The van der Waals surface area contributed by atoms with E-state index in [0.29, 0.717) is 0 Å². The van der Waals surface area contributed by atoms with Gasteiger partial charge in [0.25, 0.3) is 5.69 Å². The number of halogens is 2. The van der Waals surface area contributed by atoms with E-state index in [4.69, 9.17) is 28.0 Å². The Morgan fingerprint density at radius 2 is 2.32 bits per heavy atom. The van der Waals surface area contributed by atoms with Crippen molar-refractivity contribution >= 4 is 50.5 Å². The molecule has 98 valence electrons. The van der Waals surface area contributed by atoms with Crippen LogP contribution in [0.4, 0.5) is 11.4 Å². The molecule has 0 bridgehead atoms. The van der Waals surface area contributed by atoms with Crippen LogP contribution in [0.3, 0.4) is 0 Å². The third kappa shape index (κ3) is 3.64. The summed E-state index contributed by atoms with van der Waals surface area (Å²) in [5.41, 5.74) is 6.70. The molecular formula is C9H6BrClN6O2. The Morgan fingerprint density at radius 3 is 2.79 bits per heavy atom. The summed E-state index contributed by atoms with van der Waals surface area (Å²) in [4.78, 5) is 10.2. The normalized spacial score (nSPS) is 10.7. The number of anilines is 1. The zero-order chi connectivity index (χ0) is 14.6. The second-order valence-electron chi connectivity index (χ2n) is 3.14. The minimum absolute atomic E-state index is 0.00315. The van der Waals surface area contributed by atoms with E-state index in [1.165, 1.54) is 6.07 Å². The number of nitrogens with two attached hydrogens (primary N) is 1. The zero-order valence-corrected chi connectivity index (χ0v) is 11.5. The molecule has 0 saturated heterocycles. The molecule has 0 amide bonds. The van der Waals surface area contributed by atoms with Gasteiger partial charge in [0.05, 0.1) is 9.40 Å². The lowest BCUT2D eigenvalue weighted by molar-refractivity contribution is -0.384. The lowest BCUT2D eigenvalue weighted by Gasteiger charge is -2.05. The summed E-state index contributed by atoms with van der Waals surface area (Å²) in [6.07, 6.45) is 0. The van der Waals surface area contributed by atoms with Crippen molar-refractivity contribution in [1.29, 1.82) is 10.7 Å². The zero-order valence-electron chi connectivity index (χ0n) is 9.15. The topological polar surface area (TPSA) is 141 Å². The molecule has 0 radical (unpaired) electrons. The lowest BCUT2D eigenvalue weighted by Crippen LogP contribution is -2.22. The SMILES string of the molecule is N#C/C(=N\Nc1c(Br)cc(Cl)cc1[N+](=O)[O-])C(=N)N. The first-order chi connectivity index (χ1) is 8.86. The molecule has 0 aliphatic heterocycles. The smallest absolute Gasteiger partial charge is 0.296 e. The lowest BCUT2D eigenvalue weighted by atomic mass is 10.3. The van der Waals surface area contributed by atoms with Gasteiger partial charge in [0, 0.05) is 11.1 Å². The van der Waals surface area contributed by atoms with Crippen LogP contribution in [0.2, 0.25) is 5.02 Å². The fourth-order valence-corrected chi connectivity index (χ4v) is 1.95. The maximum atomic E-state index is 10.9. The quantitative estimate of drug-likeness (QED) is 0.332. The minimum Gasteiger partial charge on any atom is -0.382 e. The number of amidine groups is 1. The van der Waals surface area contributed by atoms with Crippen molar-refractivity contribution < 1.29 is 4.92 Å². The summed E-state index contributed by atoms with van der Waals surface area (Å²) in [7, 11) is 0. The third-order valence-electron chi connectivity index (χ3n) is 1.87. The summed E-state index contributed by atoms with van der Waals surface area (Å²) in [6.45, 7) is 0. The number of benzene rings is 1. The second kappa shape index (κ2) is 6.12. The fraction of sp³-hybridized carbons (Fsp3) is 0. The Labute approximate surface area is 120 Å². The van der Waals surface area contributed by atoms with Gasteiger partial charge in [-0.15, -0.1) is 0 Å². The molecule has 0 spiro atoms. The van der Waals surface area contributed by atoms with Crippen molar-refractivity contribution in [2.75, 3.05) is 5.43 Å². The van der Waals surface area contributed by atoms with Crippen molar-refractivity contribution in [2.45, 2.75) is 0 Å². The molecule has 0 aliphatic carbocycles. The monoisotopic (exact) mass is 344 g/mol. The van der Waals surface area contributed by atoms with Crippen LogP contribution in [0, 0.1) is 26.9 Å². The number of nitro groups is 1. The maximum Gasteiger partial charge on any atom is 0.296 e. The Bertz CT molecular complexity index is 624. The van der Waals surface area contributed by atoms with E-state index in [9.17, 15) is 10.1 Å². The molecule has 0 heterocycles. The van der Waals surface area contributed by atoms with E-state index in [2.05, 4.69) is 26.5 Å². The first kappa shape index (κ1) is 14.9. The molecule has 1 aromatic carbocycles. The van der Waals surface area contributed by atoms with Gasteiger partial charge >= 0.3 is 0 Å². The molecule has 0 saturated carbocycles. The first-order valence-corrected chi connectivity index (χ1v) is 5.75. The van der Waals surface area contributed by atoms with E-state index in [-0.39, 0.29) is 20.9 Å². The number of hydrogen-bond donors (Lipinski definition) is 3. The van der Waals surface area contributed by atoms with Crippen LogP contribution in [-0.4, -0.2) is 16.5 Å². The molecule has 1 aromatic rings. The van der Waals surface area contributed by atoms with Gasteiger partial charge in [-0.3, -0.25) is 20.9 Å². The van der Waals surface area contributed by atoms with Gasteiger partial charge in [-0.2, -0.15) is 10.4 Å². The van der Waals surface area contributed by atoms with Crippen LogP contribution in [0.5, 0.6) is 0 Å². The van der Waals surface area contributed by atoms with Crippen LogP contribution in [-0.2, 0) is 0 Å². The molecule has 0 atom stereocenters. The number of rotatable bonds is 4. The van der Waals surface area contributed by atoms with Crippen LogP contribution >= 0.6 is 27.5 Å². The molecule has 0 aromatic heterocycles. The molecule has 19 heavy (non-hydrogen) atoms. The van der Waals surface area contributed by atoms with Gasteiger partial charge < -0.3 is 5.73 Å². The number of hydrogen-bond acceptors (Lipinski definition) is 6. The summed E-state index contributed by atoms with van der Waals surface area (Å²) in [5, 5.41) is 30.3. The van der Waals surface area contributed by atoms with Crippen LogP contribution in [0.15, 0.2) is 21.7 Å². The van der Waals surface area contributed by atoms with Crippen molar-refractivity contribution in [3.05, 3.63) is 31.7 Å². The number of nitrogens with zero attached hydrogens (tertiary/aromatic N) is 3. The summed E-state index contributed by atoms with van der Waals surface area (Å²) >= 11 is 8.79. The first-order valence-electron chi connectivity index (χ1n) is 4.58. The molecule has 0 unspecified atom stereocenters. The Hall–Kier alpha value is -2.18. The van der Waals surface area contributed by atoms with E-state index < -0.39 is 16.5 Å². The Balaban J connectivity index is 3.25. The molecule has 0 aliphatic rings. The van der Waals surface area contributed by atoms with Gasteiger partial charge in [-0.25, -0.2) is 0 Å². The van der Waals surface area contributed by atoms with Crippen molar-refractivity contribution in [3.8, 4) is 6.07 Å². The van der Waals surface area contributed by atoms with Gasteiger partial charge in [-0.05, 0) is 22.0 Å². The van der Waals surface area contributed by atoms with E-state index in [0.717, 1.165) is 6.07 Å². The largest absolute Gasteiger partial charge is 0.382 e. The van der Waals surface area contributed by atoms with Gasteiger partial charge in [0.15, 0.2) is 5.84 Å². The number of nitro benzene ring substituents is 1. The third-order valence-corrected chi connectivity index (χ3v) is 2.72. The standard InChI is InChI=1S/C9H6BrClN6O2/c10-5-1-4(11)2-7(17(18)19)8(5)16-15-6(3-12)9(13)14/h1-2,16H,(H3,13,14)/b15-6+. The highest BCUT2D eigenvalue weighted by atomic mass is 79.9. The highest BCUT2D eigenvalue weighted by Gasteiger charge is 2.18. The van der Waals surface area contributed by atoms with Gasteiger partial charge in [0.2, 0.25) is 5.71 Å².